The Morgan fingerprint density at radius 1 is 1.28 bits per heavy atom. The van der Waals surface area contributed by atoms with Gasteiger partial charge in [-0.3, -0.25) is 4.79 Å². The molecule has 1 aromatic heterocycles. The van der Waals surface area contributed by atoms with E-state index in [1.165, 1.54) is 0 Å². The molecule has 2 atom stereocenters. The zero-order valence-corrected chi connectivity index (χ0v) is 11.7. The summed E-state index contributed by atoms with van der Waals surface area (Å²) in [5.41, 5.74) is -0.201. The Labute approximate surface area is 108 Å². The minimum absolute atomic E-state index is 0.112. The van der Waals surface area contributed by atoms with Gasteiger partial charge in [-0.05, 0) is 11.8 Å². The van der Waals surface area contributed by atoms with Crippen LogP contribution < -0.4 is 0 Å². The van der Waals surface area contributed by atoms with Crippen LogP contribution >= 0.6 is 0 Å². The zero-order chi connectivity index (χ0) is 13.5. The van der Waals surface area contributed by atoms with E-state index in [0.29, 0.717) is 17.7 Å². The van der Waals surface area contributed by atoms with E-state index in [1.807, 2.05) is 20.8 Å². The standard InChI is InChI=1S/C13H21N3O2/c1-8-6-16(7-9(8)2)11(17)10-14-12(15-18-10)13(3,4)5/h8-9H,6-7H2,1-5H3. The summed E-state index contributed by atoms with van der Waals surface area (Å²) in [6, 6.07) is 0. The summed E-state index contributed by atoms with van der Waals surface area (Å²) in [5.74, 6) is 1.60. The maximum Gasteiger partial charge on any atom is 0.316 e. The number of carbonyl (C=O) groups excluding carboxylic acids is 1. The zero-order valence-electron chi connectivity index (χ0n) is 11.7. The average molecular weight is 251 g/mol. The first kappa shape index (κ1) is 13.1. The van der Waals surface area contributed by atoms with Crippen molar-refractivity contribution in [2.45, 2.75) is 40.0 Å². The third-order valence-corrected chi connectivity index (χ3v) is 3.56. The van der Waals surface area contributed by atoms with E-state index in [1.54, 1.807) is 4.90 Å². The molecule has 18 heavy (non-hydrogen) atoms. The Morgan fingerprint density at radius 3 is 2.28 bits per heavy atom. The van der Waals surface area contributed by atoms with Crippen LogP contribution in [0.5, 0.6) is 0 Å². The fourth-order valence-corrected chi connectivity index (χ4v) is 2.05. The van der Waals surface area contributed by atoms with Gasteiger partial charge in [-0.2, -0.15) is 4.98 Å². The van der Waals surface area contributed by atoms with Gasteiger partial charge in [0.2, 0.25) is 0 Å². The van der Waals surface area contributed by atoms with Gasteiger partial charge in [0, 0.05) is 18.5 Å². The Bertz CT molecular complexity index is 437. The van der Waals surface area contributed by atoms with Crippen LogP contribution in [-0.2, 0) is 5.41 Å². The first-order valence-corrected chi connectivity index (χ1v) is 6.42. The van der Waals surface area contributed by atoms with Crippen LogP contribution in [0.1, 0.15) is 51.1 Å². The summed E-state index contributed by atoms with van der Waals surface area (Å²) in [4.78, 5) is 18.2. The van der Waals surface area contributed by atoms with E-state index in [9.17, 15) is 4.79 Å². The Hall–Kier alpha value is -1.39. The van der Waals surface area contributed by atoms with E-state index in [0.717, 1.165) is 13.1 Å². The molecule has 0 aromatic carbocycles. The normalized spacial score (nSPS) is 24.6. The van der Waals surface area contributed by atoms with Gasteiger partial charge >= 0.3 is 11.8 Å². The van der Waals surface area contributed by atoms with E-state index >= 15 is 0 Å². The average Bonchev–Trinajstić information content (AvgIpc) is 2.85. The second kappa shape index (κ2) is 4.37. The molecule has 1 saturated heterocycles. The lowest BCUT2D eigenvalue weighted by Gasteiger charge is -2.13. The molecule has 2 unspecified atom stereocenters. The molecule has 0 spiro atoms. The van der Waals surface area contributed by atoms with Crippen molar-refractivity contribution in [2.24, 2.45) is 11.8 Å². The number of hydrogen-bond acceptors (Lipinski definition) is 4. The lowest BCUT2D eigenvalue weighted by atomic mass is 9.96. The van der Waals surface area contributed by atoms with Crippen LogP contribution in [0.3, 0.4) is 0 Å². The van der Waals surface area contributed by atoms with Gasteiger partial charge in [0.05, 0.1) is 0 Å². The van der Waals surface area contributed by atoms with Crippen LogP contribution in [0.25, 0.3) is 0 Å². The molecule has 0 N–H and O–H groups in total. The van der Waals surface area contributed by atoms with E-state index in [4.69, 9.17) is 4.52 Å². The quantitative estimate of drug-likeness (QED) is 0.767. The Morgan fingerprint density at radius 2 is 1.83 bits per heavy atom. The van der Waals surface area contributed by atoms with Gasteiger partial charge in [0.1, 0.15) is 0 Å². The molecule has 0 bridgehead atoms. The SMILES string of the molecule is CC1CN(C(=O)c2nc(C(C)(C)C)no2)CC1C. The summed E-state index contributed by atoms with van der Waals surface area (Å²) in [5, 5.41) is 3.88. The second-order valence-electron chi connectivity index (χ2n) is 6.34. The summed E-state index contributed by atoms with van der Waals surface area (Å²) < 4.78 is 5.08. The molecule has 0 radical (unpaired) electrons. The first-order valence-electron chi connectivity index (χ1n) is 6.42. The molecule has 100 valence electrons. The van der Waals surface area contributed by atoms with Crippen LogP contribution in [0.15, 0.2) is 4.52 Å². The number of carbonyl (C=O) groups is 1. The first-order chi connectivity index (χ1) is 8.29. The molecule has 2 rings (SSSR count). The van der Waals surface area contributed by atoms with Gasteiger partial charge in [-0.25, -0.2) is 0 Å². The molecule has 1 fully saturated rings. The fraction of sp³-hybridized carbons (Fsp3) is 0.769. The second-order valence-corrected chi connectivity index (χ2v) is 6.34. The van der Waals surface area contributed by atoms with Gasteiger partial charge in [-0.1, -0.05) is 39.8 Å². The molecule has 2 heterocycles. The van der Waals surface area contributed by atoms with Crippen molar-refractivity contribution in [1.82, 2.24) is 15.0 Å². The van der Waals surface area contributed by atoms with Gasteiger partial charge in [0.25, 0.3) is 0 Å². The number of likely N-dealkylation sites (tertiary alicyclic amines) is 1. The summed E-state index contributed by atoms with van der Waals surface area (Å²) in [6.07, 6.45) is 0. The number of nitrogens with zero attached hydrogens (tertiary/aromatic N) is 3. The largest absolute Gasteiger partial charge is 0.334 e. The highest BCUT2D eigenvalue weighted by atomic mass is 16.5. The van der Waals surface area contributed by atoms with Crippen molar-refractivity contribution >= 4 is 5.91 Å². The molecule has 1 amide bonds. The minimum atomic E-state index is -0.201. The van der Waals surface area contributed by atoms with Crippen molar-refractivity contribution in [3.63, 3.8) is 0 Å². The van der Waals surface area contributed by atoms with Crippen molar-refractivity contribution in [3.05, 3.63) is 11.7 Å². The summed E-state index contributed by atoms with van der Waals surface area (Å²) in [7, 11) is 0. The lowest BCUT2D eigenvalue weighted by molar-refractivity contribution is 0.0735. The maximum atomic E-state index is 12.2. The molecule has 5 heteroatoms. The number of amides is 1. The highest BCUT2D eigenvalue weighted by Crippen LogP contribution is 2.24. The van der Waals surface area contributed by atoms with Crippen molar-refractivity contribution in [3.8, 4) is 0 Å². The van der Waals surface area contributed by atoms with E-state index in [-0.39, 0.29) is 17.2 Å². The summed E-state index contributed by atoms with van der Waals surface area (Å²) in [6.45, 7) is 11.8. The molecular formula is C13H21N3O2. The maximum absolute atomic E-state index is 12.2. The van der Waals surface area contributed by atoms with Crippen molar-refractivity contribution in [2.75, 3.05) is 13.1 Å². The Kier molecular flexibility index (Phi) is 3.17. The van der Waals surface area contributed by atoms with Crippen LogP contribution in [0.4, 0.5) is 0 Å². The number of hydrogen-bond donors (Lipinski definition) is 0. The molecular weight excluding hydrogens is 230 g/mol. The van der Waals surface area contributed by atoms with Crippen LogP contribution in [0, 0.1) is 11.8 Å². The molecule has 1 aliphatic rings. The molecule has 0 aliphatic carbocycles. The molecule has 1 aromatic rings. The number of aromatic nitrogens is 2. The Balaban J connectivity index is 2.13. The molecule has 0 saturated carbocycles. The van der Waals surface area contributed by atoms with Gasteiger partial charge in [0.15, 0.2) is 5.82 Å². The van der Waals surface area contributed by atoms with Gasteiger partial charge in [-0.15, -0.1) is 0 Å². The van der Waals surface area contributed by atoms with E-state index < -0.39 is 0 Å². The van der Waals surface area contributed by atoms with Crippen molar-refractivity contribution < 1.29 is 9.32 Å². The third kappa shape index (κ3) is 2.40. The molecule has 5 nitrogen and oxygen atoms in total. The lowest BCUT2D eigenvalue weighted by Crippen LogP contribution is -2.29. The number of rotatable bonds is 1. The smallest absolute Gasteiger partial charge is 0.316 e. The monoisotopic (exact) mass is 251 g/mol. The highest BCUT2D eigenvalue weighted by molar-refractivity contribution is 5.89. The van der Waals surface area contributed by atoms with E-state index in [2.05, 4.69) is 24.0 Å². The minimum Gasteiger partial charge on any atom is -0.334 e. The van der Waals surface area contributed by atoms with Crippen LogP contribution in [0.2, 0.25) is 0 Å². The summed E-state index contributed by atoms with van der Waals surface area (Å²) >= 11 is 0. The predicted octanol–water partition coefficient (Wildman–Crippen LogP) is 2.10. The highest BCUT2D eigenvalue weighted by Gasteiger charge is 2.33. The third-order valence-electron chi connectivity index (χ3n) is 3.56. The topological polar surface area (TPSA) is 59.2 Å². The van der Waals surface area contributed by atoms with Gasteiger partial charge < -0.3 is 9.42 Å². The van der Waals surface area contributed by atoms with Crippen LogP contribution in [-0.4, -0.2) is 34.0 Å². The molecule has 1 aliphatic heterocycles. The predicted molar refractivity (Wildman–Crippen MR) is 67.2 cm³/mol. The van der Waals surface area contributed by atoms with Crippen molar-refractivity contribution in [1.29, 1.82) is 0 Å². The fourth-order valence-electron chi connectivity index (χ4n) is 2.05.